The number of Topliss-reactive ketones (excluding diaryl/α,β-unsaturated/α-hetero) is 2. The number of urea groups is 1. The number of ketones is 2. The molecule has 0 spiro atoms. The third-order valence-electron chi connectivity index (χ3n) is 10.6. The van der Waals surface area contributed by atoms with Crippen LogP contribution >= 0.6 is 0 Å². The van der Waals surface area contributed by atoms with E-state index in [0.717, 1.165) is 31.0 Å². The summed E-state index contributed by atoms with van der Waals surface area (Å²) in [6, 6.07) is 19.9. The van der Waals surface area contributed by atoms with E-state index in [1.807, 2.05) is 40.2 Å². The van der Waals surface area contributed by atoms with E-state index in [1.54, 1.807) is 60.7 Å². The molecule has 0 radical (unpaired) electrons. The van der Waals surface area contributed by atoms with Gasteiger partial charge >= 0.3 is 36.1 Å². The highest BCUT2D eigenvalue weighted by molar-refractivity contribution is 6.05. The second-order valence-electron chi connectivity index (χ2n) is 18.3. The minimum absolute atomic E-state index is 0.0217. The van der Waals surface area contributed by atoms with Crippen LogP contribution in [-0.2, 0) is 65.2 Å². The van der Waals surface area contributed by atoms with Gasteiger partial charge in [0.2, 0.25) is 0 Å². The molecule has 3 amide bonds. The van der Waals surface area contributed by atoms with Gasteiger partial charge in [0, 0.05) is 61.7 Å². The van der Waals surface area contributed by atoms with Crippen molar-refractivity contribution in [1.29, 1.82) is 0 Å². The maximum atomic E-state index is 13.0. The van der Waals surface area contributed by atoms with E-state index >= 15 is 0 Å². The number of hydrogen-bond donors (Lipinski definition) is 3. The standard InChI is InChI=1S/C52H68N4O15/c1-9-14-44(58)31-38-15-23-42(24-16-38)54-46(60)41-21-19-40(20-22-41)45(59)32-39-17-25-43(26-18-39)55-50(64)53-27-11-10-12-29-66-47(61)35(2)70-48(62)36(3)71-51(65)69-34-52(5,33-68-37(4)57)49(63)67-30-13-28-56(6,7)8/h15-26,35-36H,9-14,27-34H2,1-8H3,(H2-,53,54,55,60,64)/p+1. The predicted octanol–water partition coefficient (Wildman–Crippen LogP) is 6.79. The molecule has 3 aromatic rings. The Bertz CT molecular complexity index is 2280. The van der Waals surface area contributed by atoms with Crippen LogP contribution in [0.15, 0.2) is 72.8 Å². The summed E-state index contributed by atoms with van der Waals surface area (Å²) >= 11 is 0. The first-order chi connectivity index (χ1) is 33.6. The van der Waals surface area contributed by atoms with Crippen molar-refractivity contribution in [3.63, 3.8) is 0 Å². The van der Waals surface area contributed by atoms with Crippen LogP contribution in [0.3, 0.4) is 0 Å². The van der Waals surface area contributed by atoms with Crippen molar-refractivity contribution in [3.05, 3.63) is 95.1 Å². The highest BCUT2D eigenvalue weighted by Gasteiger charge is 2.39. The molecule has 19 heteroatoms. The predicted molar refractivity (Wildman–Crippen MR) is 261 cm³/mol. The summed E-state index contributed by atoms with van der Waals surface area (Å²) in [5.74, 6) is -3.59. The van der Waals surface area contributed by atoms with Gasteiger partial charge in [0.05, 0.1) is 40.9 Å². The minimum atomic E-state index is -1.56. The zero-order chi connectivity index (χ0) is 52.6. The van der Waals surface area contributed by atoms with Crippen molar-refractivity contribution in [3.8, 4) is 0 Å². The molecule has 3 atom stereocenters. The summed E-state index contributed by atoms with van der Waals surface area (Å²) in [7, 11) is 5.97. The molecule has 0 saturated carbocycles. The third-order valence-corrected chi connectivity index (χ3v) is 10.6. The molecule has 19 nitrogen and oxygen atoms in total. The summed E-state index contributed by atoms with van der Waals surface area (Å²) in [6.07, 6.45) is -0.123. The fourth-order valence-corrected chi connectivity index (χ4v) is 6.44. The second-order valence-corrected chi connectivity index (χ2v) is 18.3. The summed E-state index contributed by atoms with van der Waals surface area (Å²) in [4.78, 5) is 112. The van der Waals surface area contributed by atoms with Crippen molar-refractivity contribution in [1.82, 2.24) is 5.32 Å². The third kappa shape index (κ3) is 22.4. The quantitative estimate of drug-likeness (QED) is 0.0213. The van der Waals surface area contributed by atoms with Crippen LogP contribution in [0.4, 0.5) is 21.0 Å². The normalized spacial score (nSPS) is 12.7. The van der Waals surface area contributed by atoms with Crippen LogP contribution in [-0.4, -0.2) is 131 Å². The molecule has 3 unspecified atom stereocenters. The molecule has 0 saturated heterocycles. The van der Waals surface area contributed by atoms with Crippen molar-refractivity contribution in [2.24, 2.45) is 5.41 Å². The van der Waals surface area contributed by atoms with Gasteiger partial charge in [-0.2, -0.15) is 0 Å². The molecule has 0 aliphatic carbocycles. The molecule has 0 fully saturated rings. The van der Waals surface area contributed by atoms with E-state index in [0.29, 0.717) is 72.1 Å². The Morgan fingerprint density at radius 2 is 1.18 bits per heavy atom. The Morgan fingerprint density at radius 3 is 1.79 bits per heavy atom. The smallest absolute Gasteiger partial charge is 0.465 e. The molecule has 3 N–H and O–H groups in total. The highest BCUT2D eigenvalue weighted by Crippen LogP contribution is 2.22. The first kappa shape index (κ1) is 58.2. The Labute approximate surface area is 415 Å². The van der Waals surface area contributed by atoms with Crippen molar-refractivity contribution >= 4 is 64.9 Å². The molecular formula is C52H69N4O15+. The molecule has 3 rings (SSSR count). The number of carbonyl (C=O) groups excluding carboxylic acids is 9. The van der Waals surface area contributed by atoms with Crippen molar-refractivity contribution in [2.75, 3.05) is 71.3 Å². The zero-order valence-corrected chi connectivity index (χ0v) is 42.1. The number of quaternary nitrogens is 1. The Balaban J connectivity index is 1.29. The topological polar surface area (TPSA) is 245 Å². The summed E-state index contributed by atoms with van der Waals surface area (Å²) in [5.41, 5.74) is 2.00. The van der Waals surface area contributed by atoms with E-state index in [2.05, 4.69) is 16.0 Å². The molecule has 0 aliphatic heterocycles. The second kappa shape index (κ2) is 29.1. The van der Waals surface area contributed by atoms with Crippen LogP contribution in [0, 0.1) is 5.41 Å². The SMILES string of the molecule is CCCC(=O)Cc1ccc(NC(=O)c2ccc(C(=O)Cc3ccc(NC(=O)NCCCCCOC(=O)C(C)OC(=O)C(C)OC(=O)OCC(C)(COC(C)=O)C(=O)OCCC[N+](C)(C)C)cc3)cc2)cc1. The summed E-state index contributed by atoms with van der Waals surface area (Å²) < 4.78 is 31.3. The van der Waals surface area contributed by atoms with E-state index < -0.39 is 66.9 Å². The number of anilines is 2. The van der Waals surface area contributed by atoms with Crippen molar-refractivity contribution < 1.29 is 76.1 Å². The van der Waals surface area contributed by atoms with Gasteiger partial charge in [-0.25, -0.2) is 19.2 Å². The number of amides is 3. The molecule has 0 aliphatic rings. The lowest BCUT2D eigenvalue weighted by molar-refractivity contribution is -0.870. The fourth-order valence-electron chi connectivity index (χ4n) is 6.44. The molecule has 386 valence electrons. The summed E-state index contributed by atoms with van der Waals surface area (Å²) in [6.45, 7) is 7.17. The average Bonchev–Trinajstić information content (AvgIpc) is 3.32. The number of hydrogen-bond acceptors (Lipinski definition) is 15. The largest absolute Gasteiger partial charge is 0.509 e. The van der Waals surface area contributed by atoms with Crippen LogP contribution in [0.5, 0.6) is 0 Å². The number of rotatable bonds is 29. The van der Waals surface area contributed by atoms with Crippen LogP contribution in [0.25, 0.3) is 0 Å². The maximum Gasteiger partial charge on any atom is 0.509 e. The van der Waals surface area contributed by atoms with Gasteiger partial charge in [0.1, 0.15) is 24.4 Å². The van der Waals surface area contributed by atoms with Crippen LogP contribution in [0.2, 0.25) is 0 Å². The fraction of sp³-hybridized carbons (Fsp3) is 0.481. The molecular weight excluding hydrogens is 921 g/mol. The average molecular weight is 990 g/mol. The van der Waals surface area contributed by atoms with Gasteiger partial charge in [0.15, 0.2) is 18.0 Å². The first-order valence-electron chi connectivity index (χ1n) is 23.6. The Hall–Kier alpha value is -7.15. The maximum absolute atomic E-state index is 13.0. The minimum Gasteiger partial charge on any atom is -0.465 e. The lowest BCUT2D eigenvalue weighted by atomic mass is 9.93. The highest BCUT2D eigenvalue weighted by atomic mass is 16.7. The number of nitrogens with one attached hydrogen (secondary N) is 3. The van der Waals surface area contributed by atoms with Crippen LogP contribution in [0.1, 0.15) is 105 Å². The molecule has 0 heterocycles. The molecule has 0 aromatic heterocycles. The van der Waals surface area contributed by atoms with Crippen LogP contribution < -0.4 is 16.0 Å². The van der Waals surface area contributed by atoms with Gasteiger partial charge in [-0.3, -0.25) is 24.0 Å². The number of carbonyl (C=O) groups is 9. The molecule has 0 bridgehead atoms. The van der Waals surface area contributed by atoms with Gasteiger partial charge in [-0.1, -0.05) is 43.3 Å². The Morgan fingerprint density at radius 1 is 0.620 bits per heavy atom. The Kier molecular flexibility index (Phi) is 23.9. The number of unbranched alkanes of at least 4 members (excludes halogenated alkanes) is 2. The van der Waals surface area contributed by atoms with Gasteiger partial charge in [-0.15, -0.1) is 0 Å². The number of esters is 4. The molecule has 3 aromatic carbocycles. The van der Waals surface area contributed by atoms with E-state index in [4.69, 9.17) is 28.4 Å². The van der Waals surface area contributed by atoms with Crippen molar-refractivity contribution in [2.45, 2.75) is 98.2 Å². The lowest BCUT2D eigenvalue weighted by Gasteiger charge is -2.27. The monoisotopic (exact) mass is 989 g/mol. The van der Waals surface area contributed by atoms with Gasteiger partial charge in [-0.05, 0) is 94.0 Å². The van der Waals surface area contributed by atoms with Gasteiger partial charge < -0.3 is 48.9 Å². The number of nitrogens with zero attached hydrogens (tertiary/aromatic N) is 1. The van der Waals surface area contributed by atoms with E-state index in [9.17, 15) is 43.2 Å². The van der Waals surface area contributed by atoms with E-state index in [1.165, 1.54) is 20.8 Å². The zero-order valence-electron chi connectivity index (χ0n) is 42.1. The number of benzene rings is 3. The lowest BCUT2D eigenvalue weighted by Crippen LogP contribution is -2.41. The molecule has 71 heavy (non-hydrogen) atoms. The number of ether oxygens (including phenoxy) is 6. The summed E-state index contributed by atoms with van der Waals surface area (Å²) in [5, 5.41) is 8.32. The van der Waals surface area contributed by atoms with E-state index in [-0.39, 0.29) is 37.1 Å². The van der Waals surface area contributed by atoms with Gasteiger partial charge in [0.25, 0.3) is 5.91 Å². The first-order valence-corrected chi connectivity index (χ1v) is 23.6.